The van der Waals surface area contributed by atoms with E-state index in [9.17, 15) is 19.8 Å². The number of rotatable bonds is 5. The number of ether oxygens (including phenoxy) is 1. The third kappa shape index (κ3) is 3.09. The van der Waals surface area contributed by atoms with E-state index < -0.39 is 36.2 Å². The number of carbonyl (C=O) groups is 2. The Labute approximate surface area is 135 Å². The predicted molar refractivity (Wildman–Crippen MR) is 83.6 cm³/mol. The Hall–Kier alpha value is -1.92. The summed E-state index contributed by atoms with van der Waals surface area (Å²) in [6.07, 6.45) is -2.00. The fourth-order valence-electron chi connectivity index (χ4n) is 3.06. The van der Waals surface area contributed by atoms with Crippen LogP contribution < -0.4 is 5.32 Å². The minimum atomic E-state index is -1.39. The van der Waals surface area contributed by atoms with Gasteiger partial charge in [-0.15, -0.1) is 0 Å². The van der Waals surface area contributed by atoms with Crippen LogP contribution in [-0.2, 0) is 9.53 Å². The monoisotopic (exact) mass is 321 g/mol. The van der Waals surface area contributed by atoms with E-state index in [2.05, 4.69) is 5.32 Å². The number of aliphatic hydroxyl groups excluding tert-OH is 2. The second-order valence-corrected chi connectivity index (χ2v) is 6.36. The highest BCUT2D eigenvalue weighted by Gasteiger charge is 2.57. The van der Waals surface area contributed by atoms with E-state index in [0.717, 1.165) is 0 Å². The highest BCUT2D eigenvalue weighted by Crippen LogP contribution is 2.34. The maximum atomic E-state index is 12.3. The van der Waals surface area contributed by atoms with Crippen LogP contribution in [0.3, 0.4) is 0 Å². The first kappa shape index (κ1) is 17.4. The summed E-state index contributed by atoms with van der Waals surface area (Å²) in [5, 5.41) is 22.9. The van der Waals surface area contributed by atoms with E-state index in [4.69, 9.17) is 4.74 Å². The van der Waals surface area contributed by atoms with Gasteiger partial charge in [0.05, 0.1) is 24.2 Å². The van der Waals surface area contributed by atoms with Gasteiger partial charge in [-0.3, -0.25) is 4.79 Å². The molecule has 23 heavy (non-hydrogen) atoms. The zero-order valence-corrected chi connectivity index (χ0v) is 13.5. The fourth-order valence-corrected chi connectivity index (χ4v) is 3.06. The average molecular weight is 321 g/mol. The van der Waals surface area contributed by atoms with Gasteiger partial charge in [-0.05, 0) is 18.1 Å². The first-order valence-electron chi connectivity index (χ1n) is 7.70. The van der Waals surface area contributed by atoms with Crippen LogP contribution in [0.4, 0.5) is 0 Å². The largest absolute Gasteiger partial charge is 0.456 e. The van der Waals surface area contributed by atoms with Gasteiger partial charge in [-0.25, -0.2) is 4.79 Å². The summed E-state index contributed by atoms with van der Waals surface area (Å²) in [7, 11) is 0. The normalized spacial score (nSPS) is 28.5. The molecule has 1 unspecified atom stereocenters. The number of carbonyl (C=O) groups excluding carboxylic acids is 2. The molecule has 1 aromatic rings. The van der Waals surface area contributed by atoms with E-state index in [1.54, 1.807) is 37.3 Å². The molecule has 0 aromatic heterocycles. The third-order valence-electron chi connectivity index (χ3n) is 4.39. The van der Waals surface area contributed by atoms with Crippen molar-refractivity contribution in [2.24, 2.45) is 11.8 Å². The van der Waals surface area contributed by atoms with Crippen molar-refractivity contribution in [1.82, 2.24) is 5.32 Å². The molecule has 0 radical (unpaired) electrons. The van der Waals surface area contributed by atoms with Crippen LogP contribution in [-0.4, -0.2) is 46.4 Å². The molecule has 126 valence electrons. The van der Waals surface area contributed by atoms with Crippen molar-refractivity contribution in [3.05, 3.63) is 35.9 Å². The van der Waals surface area contributed by atoms with E-state index in [1.165, 1.54) is 0 Å². The van der Waals surface area contributed by atoms with Gasteiger partial charge in [0, 0.05) is 0 Å². The Morgan fingerprint density at radius 3 is 2.39 bits per heavy atom. The van der Waals surface area contributed by atoms with E-state index in [-0.39, 0.29) is 11.8 Å². The zero-order valence-electron chi connectivity index (χ0n) is 13.5. The van der Waals surface area contributed by atoms with Crippen LogP contribution in [0.25, 0.3) is 0 Å². The van der Waals surface area contributed by atoms with Gasteiger partial charge >= 0.3 is 5.97 Å². The molecule has 0 bridgehead atoms. The Kier molecular flexibility index (Phi) is 5.06. The van der Waals surface area contributed by atoms with Gasteiger partial charge in [0.1, 0.15) is 11.6 Å². The molecule has 0 aliphatic carbocycles. The summed E-state index contributed by atoms with van der Waals surface area (Å²) in [4.78, 5) is 24.3. The minimum Gasteiger partial charge on any atom is -0.456 e. The number of benzene rings is 1. The quantitative estimate of drug-likeness (QED) is 0.695. The molecule has 1 fully saturated rings. The van der Waals surface area contributed by atoms with Crippen molar-refractivity contribution in [3.63, 3.8) is 0 Å². The molecule has 1 aliphatic rings. The Morgan fingerprint density at radius 2 is 1.96 bits per heavy atom. The SMILES string of the molecule is CC(C)C(OC(=O)c1ccccc1)[C@@]1(CO)NC(=O)[C@H](C)[C@@H]1O. The topological polar surface area (TPSA) is 95.9 Å². The smallest absolute Gasteiger partial charge is 0.338 e. The summed E-state index contributed by atoms with van der Waals surface area (Å²) in [5.41, 5.74) is -1.02. The Morgan fingerprint density at radius 1 is 1.35 bits per heavy atom. The summed E-state index contributed by atoms with van der Waals surface area (Å²) >= 11 is 0. The van der Waals surface area contributed by atoms with Crippen LogP contribution in [0.2, 0.25) is 0 Å². The van der Waals surface area contributed by atoms with E-state index >= 15 is 0 Å². The lowest BCUT2D eigenvalue weighted by atomic mass is 9.80. The molecule has 2 rings (SSSR count). The van der Waals surface area contributed by atoms with Crippen molar-refractivity contribution >= 4 is 11.9 Å². The zero-order chi connectivity index (χ0) is 17.2. The number of nitrogens with one attached hydrogen (secondary N) is 1. The number of hydrogen-bond acceptors (Lipinski definition) is 5. The molecule has 0 saturated carbocycles. The number of hydrogen-bond donors (Lipinski definition) is 3. The first-order valence-corrected chi connectivity index (χ1v) is 7.70. The summed E-state index contributed by atoms with van der Waals surface area (Å²) in [5.74, 6) is -1.82. The molecular weight excluding hydrogens is 298 g/mol. The van der Waals surface area contributed by atoms with Crippen molar-refractivity contribution in [2.45, 2.75) is 38.5 Å². The fraction of sp³-hybridized carbons (Fsp3) is 0.529. The van der Waals surface area contributed by atoms with E-state index in [0.29, 0.717) is 5.56 Å². The van der Waals surface area contributed by atoms with Crippen LogP contribution in [0.15, 0.2) is 30.3 Å². The van der Waals surface area contributed by atoms with Gasteiger partial charge in [-0.2, -0.15) is 0 Å². The molecule has 1 heterocycles. The van der Waals surface area contributed by atoms with E-state index in [1.807, 2.05) is 13.8 Å². The van der Waals surface area contributed by atoms with Crippen LogP contribution in [0, 0.1) is 11.8 Å². The van der Waals surface area contributed by atoms with Crippen molar-refractivity contribution in [3.8, 4) is 0 Å². The molecule has 1 amide bonds. The highest BCUT2D eigenvalue weighted by molar-refractivity contribution is 5.89. The van der Waals surface area contributed by atoms with Gasteiger partial charge < -0.3 is 20.3 Å². The Bertz CT molecular complexity index is 574. The summed E-state index contributed by atoms with van der Waals surface area (Å²) < 4.78 is 5.57. The number of aliphatic hydroxyl groups is 2. The summed E-state index contributed by atoms with van der Waals surface area (Å²) in [6, 6.07) is 8.47. The van der Waals surface area contributed by atoms with Crippen molar-refractivity contribution < 1.29 is 24.5 Å². The molecule has 1 aliphatic heterocycles. The third-order valence-corrected chi connectivity index (χ3v) is 4.39. The number of esters is 1. The lowest BCUT2D eigenvalue weighted by molar-refractivity contribution is -0.123. The molecule has 6 nitrogen and oxygen atoms in total. The molecular formula is C17H23NO5. The highest BCUT2D eigenvalue weighted by atomic mass is 16.5. The first-order chi connectivity index (χ1) is 10.8. The van der Waals surface area contributed by atoms with Crippen LogP contribution >= 0.6 is 0 Å². The lowest BCUT2D eigenvalue weighted by Gasteiger charge is -2.40. The van der Waals surface area contributed by atoms with Gasteiger partial charge in [0.15, 0.2) is 0 Å². The van der Waals surface area contributed by atoms with Crippen molar-refractivity contribution in [2.75, 3.05) is 6.61 Å². The van der Waals surface area contributed by atoms with Gasteiger partial charge in [-0.1, -0.05) is 39.0 Å². The molecule has 1 saturated heterocycles. The average Bonchev–Trinajstić information content (AvgIpc) is 2.77. The van der Waals surface area contributed by atoms with Gasteiger partial charge in [0.25, 0.3) is 0 Å². The second kappa shape index (κ2) is 6.68. The maximum Gasteiger partial charge on any atom is 0.338 e. The molecule has 6 heteroatoms. The van der Waals surface area contributed by atoms with Crippen LogP contribution in [0.5, 0.6) is 0 Å². The number of amides is 1. The van der Waals surface area contributed by atoms with Crippen molar-refractivity contribution in [1.29, 1.82) is 0 Å². The molecule has 3 N–H and O–H groups in total. The summed E-state index contributed by atoms with van der Waals surface area (Å²) in [6.45, 7) is 4.67. The molecule has 1 aromatic carbocycles. The predicted octanol–water partition coefficient (Wildman–Crippen LogP) is 0.726. The lowest BCUT2D eigenvalue weighted by Crippen LogP contribution is -2.63. The minimum absolute atomic E-state index is 0.213. The van der Waals surface area contributed by atoms with Crippen LogP contribution in [0.1, 0.15) is 31.1 Å². The molecule has 4 atom stereocenters. The maximum absolute atomic E-state index is 12.3. The second-order valence-electron chi connectivity index (χ2n) is 6.36. The standard InChI is InChI=1S/C17H23NO5/c1-10(2)14(23-16(22)12-7-5-4-6-8-12)17(9-19)13(20)11(3)15(21)18-17/h4-8,10-11,13-14,19-20H,9H2,1-3H3,(H,18,21)/t11-,13+,14?,17+/m1/s1. The molecule has 0 spiro atoms. The van der Waals surface area contributed by atoms with Gasteiger partial charge in [0.2, 0.25) is 5.91 Å². The Balaban J connectivity index is 2.31.